The topological polar surface area (TPSA) is 179 Å². The van der Waals surface area contributed by atoms with Gasteiger partial charge in [-0.1, -0.05) is 5.11 Å². The molecule has 0 radical (unpaired) electrons. The summed E-state index contributed by atoms with van der Waals surface area (Å²) >= 11 is 0. The molecule has 0 aromatic carbocycles. The van der Waals surface area contributed by atoms with Gasteiger partial charge in [-0.2, -0.15) is 21.6 Å². The van der Waals surface area contributed by atoms with Crippen LogP contribution >= 0.6 is 0 Å². The maximum absolute atomic E-state index is 12.2. The highest BCUT2D eigenvalue weighted by atomic mass is 32.2. The summed E-state index contributed by atoms with van der Waals surface area (Å²) in [7, 11) is -6.00. The van der Waals surface area contributed by atoms with Gasteiger partial charge in [-0.3, -0.25) is 0 Å². The first-order valence-electron chi connectivity index (χ1n) is 5.03. The number of rotatable bonds is 7. The number of ether oxygens (including phenoxy) is 1. The van der Waals surface area contributed by atoms with Gasteiger partial charge in [-0.15, -0.1) is 0 Å². The highest BCUT2D eigenvalue weighted by molar-refractivity contribution is 7.87. The van der Waals surface area contributed by atoms with E-state index in [-0.39, 0.29) is 0 Å². The Hall–Kier alpha value is -1.64. The molecule has 128 valence electrons. The van der Waals surface area contributed by atoms with E-state index >= 15 is 0 Å². The number of halogens is 3. The molecule has 0 saturated heterocycles. The normalized spacial score (nSPS) is 17.8. The number of methoxy groups -OCH3 is 1. The molecule has 3 N–H and O–H groups in total. The van der Waals surface area contributed by atoms with Crippen LogP contribution in [0.3, 0.4) is 0 Å². The third-order valence-electron chi connectivity index (χ3n) is 2.10. The standard InChI is InChI=1S/C7H10F3N3O8S/c1-20-5(16)6(17,4(15)3(14)2-12-13-11)21-22(18,19)7(8,9)10/h3-4,14-15,17H,2H2,1H3/t3-,4+,6+/m0/s1. The van der Waals surface area contributed by atoms with Crippen molar-refractivity contribution in [2.24, 2.45) is 5.11 Å². The van der Waals surface area contributed by atoms with Crippen LogP contribution in [0.2, 0.25) is 0 Å². The quantitative estimate of drug-likeness (QED) is 0.0965. The van der Waals surface area contributed by atoms with Crippen LogP contribution in [-0.4, -0.2) is 66.9 Å². The zero-order valence-corrected chi connectivity index (χ0v) is 11.4. The first kappa shape index (κ1) is 20.4. The van der Waals surface area contributed by atoms with E-state index in [0.717, 1.165) is 0 Å². The monoisotopic (exact) mass is 353 g/mol. The van der Waals surface area contributed by atoms with Gasteiger partial charge in [0.15, 0.2) is 0 Å². The molecule has 0 aromatic heterocycles. The second-order valence-corrected chi connectivity index (χ2v) is 5.13. The summed E-state index contributed by atoms with van der Waals surface area (Å²) in [6.07, 6.45) is -5.29. The number of carbonyl (C=O) groups is 1. The van der Waals surface area contributed by atoms with Gasteiger partial charge in [-0.05, 0) is 5.53 Å². The van der Waals surface area contributed by atoms with Crippen molar-refractivity contribution in [3.63, 3.8) is 0 Å². The summed E-state index contributed by atoms with van der Waals surface area (Å²) in [5.74, 6) is -6.26. The van der Waals surface area contributed by atoms with E-state index < -0.39 is 46.1 Å². The fourth-order valence-electron chi connectivity index (χ4n) is 1.05. The first-order valence-corrected chi connectivity index (χ1v) is 6.44. The predicted octanol–water partition coefficient (Wildman–Crippen LogP) is -1.25. The lowest BCUT2D eigenvalue weighted by molar-refractivity contribution is -0.242. The molecule has 0 aliphatic carbocycles. The molecule has 0 aliphatic rings. The summed E-state index contributed by atoms with van der Waals surface area (Å²) in [6, 6.07) is 0. The van der Waals surface area contributed by atoms with Crippen LogP contribution < -0.4 is 0 Å². The molecule has 11 nitrogen and oxygen atoms in total. The zero-order valence-electron chi connectivity index (χ0n) is 10.6. The Morgan fingerprint density at radius 2 is 1.91 bits per heavy atom. The third-order valence-corrected chi connectivity index (χ3v) is 3.14. The number of nitrogens with zero attached hydrogens (tertiary/aromatic N) is 3. The van der Waals surface area contributed by atoms with Crippen LogP contribution in [0.5, 0.6) is 0 Å². The van der Waals surface area contributed by atoms with Gasteiger partial charge in [0.25, 0.3) is 0 Å². The van der Waals surface area contributed by atoms with E-state index in [1.165, 1.54) is 0 Å². The lowest BCUT2D eigenvalue weighted by Gasteiger charge is -2.31. The molecular formula is C7H10F3N3O8S. The van der Waals surface area contributed by atoms with Crippen LogP contribution in [0.4, 0.5) is 13.2 Å². The summed E-state index contributed by atoms with van der Waals surface area (Å²) < 4.78 is 65.4. The van der Waals surface area contributed by atoms with Crippen molar-refractivity contribution in [2.75, 3.05) is 13.7 Å². The molecule has 0 rings (SSSR count). The second-order valence-electron chi connectivity index (χ2n) is 3.60. The predicted molar refractivity (Wildman–Crippen MR) is 59.1 cm³/mol. The molecule has 3 atom stereocenters. The van der Waals surface area contributed by atoms with Crippen molar-refractivity contribution in [1.29, 1.82) is 0 Å². The molecule has 15 heteroatoms. The number of aliphatic hydroxyl groups excluding tert-OH is 2. The molecule has 0 aromatic rings. The molecular weight excluding hydrogens is 343 g/mol. The van der Waals surface area contributed by atoms with Crippen LogP contribution in [0.15, 0.2) is 5.11 Å². The fraction of sp³-hybridized carbons (Fsp3) is 0.857. The summed E-state index contributed by atoms with van der Waals surface area (Å²) in [4.78, 5) is 13.4. The fourth-order valence-corrected chi connectivity index (χ4v) is 1.64. The van der Waals surface area contributed by atoms with E-state index in [9.17, 15) is 41.7 Å². The highest BCUT2D eigenvalue weighted by Crippen LogP contribution is 2.30. The van der Waals surface area contributed by atoms with Crippen molar-refractivity contribution in [1.82, 2.24) is 0 Å². The minimum atomic E-state index is -6.53. The number of hydrogen-bond donors (Lipinski definition) is 3. The Morgan fingerprint density at radius 3 is 2.27 bits per heavy atom. The Balaban J connectivity index is 5.70. The van der Waals surface area contributed by atoms with E-state index in [0.29, 0.717) is 7.11 Å². The van der Waals surface area contributed by atoms with Gasteiger partial charge in [-0.25, -0.2) is 8.98 Å². The minimum Gasteiger partial charge on any atom is -0.465 e. The van der Waals surface area contributed by atoms with Crippen LogP contribution in [-0.2, 0) is 23.8 Å². The van der Waals surface area contributed by atoms with Crippen molar-refractivity contribution >= 4 is 16.1 Å². The zero-order chi connectivity index (χ0) is 17.8. The largest absolute Gasteiger partial charge is 0.523 e. The molecule has 0 unspecified atom stereocenters. The molecule has 0 amide bonds. The number of carbonyl (C=O) groups excluding carboxylic acids is 1. The van der Waals surface area contributed by atoms with E-state index in [1.807, 2.05) is 0 Å². The summed E-state index contributed by atoms with van der Waals surface area (Å²) in [6.45, 7) is -1.02. The van der Waals surface area contributed by atoms with Gasteiger partial charge in [0.05, 0.1) is 19.8 Å². The molecule has 0 spiro atoms. The summed E-state index contributed by atoms with van der Waals surface area (Å²) in [5, 5.41) is 31.1. The van der Waals surface area contributed by atoms with Gasteiger partial charge < -0.3 is 20.1 Å². The SMILES string of the molecule is COC(=O)[C@](O)(OS(=O)(=O)C(F)(F)F)[C@H](O)[C@@H](O)CN=[N+]=[N-]. The lowest BCUT2D eigenvalue weighted by atomic mass is 10.0. The number of azide groups is 1. The molecule has 0 heterocycles. The molecule has 0 bridgehead atoms. The first-order chi connectivity index (χ1) is 9.83. The van der Waals surface area contributed by atoms with Crippen LogP contribution in [0, 0.1) is 0 Å². The average molecular weight is 353 g/mol. The van der Waals surface area contributed by atoms with Gasteiger partial charge in [0, 0.05) is 4.91 Å². The van der Waals surface area contributed by atoms with Crippen molar-refractivity contribution < 1.29 is 50.6 Å². The number of aliphatic hydroxyl groups is 3. The van der Waals surface area contributed by atoms with Crippen molar-refractivity contribution in [3.8, 4) is 0 Å². The Bertz CT molecular complexity index is 560. The molecule has 0 saturated carbocycles. The van der Waals surface area contributed by atoms with Gasteiger partial charge in [0.1, 0.15) is 6.10 Å². The Morgan fingerprint density at radius 1 is 1.41 bits per heavy atom. The Kier molecular flexibility index (Phi) is 6.55. The number of hydrogen-bond acceptors (Lipinski definition) is 9. The van der Waals surface area contributed by atoms with Crippen LogP contribution in [0.1, 0.15) is 0 Å². The summed E-state index contributed by atoms with van der Waals surface area (Å²) in [5.41, 5.74) is 1.95. The molecule has 0 fully saturated rings. The highest BCUT2D eigenvalue weighted by Gasteiger charge is 2.59. The smallest absolute Gasteiger partial charge is 0.465 e. The Labute approximate surface area is 120 Å². The maximum Gasteiger partial charge on any atom is 0.523 e. The van der Waals surface area contributed by atoms with Gasteiger partial charge >= 0.3 is 27.4 Å². The molecule has 0 aliphatic heterocycles. The van der Waals surface area contributed by atoms with E-state index in [4.69, 9.17) is 5.53 Å². The van der Waals surface area contributed by atoms with Gasteiger partial charge in [0.2, 0.25) is 0 Å². The number of alkyl halides is 3. The average Bonchev–Trinajstić information content (AvgIpc) is 2.40. The lowest BCUT2D eigenvalue weighted by Crippen LogP contribution is -2.59. The van der Waals surface area contributed by atoms with Crippen molar-refractivity contribution in [3.05, 3.63) is 10.4 Å². The van der Waals surface area contributed by atoms with E-state index in [1.54, 1.807) is 0 Å². The minimum absolute atomic E-state index is 0.531. The van der Waals surface area contributed by atoms with Crippen molar-refractivity contribution in [2.45, 2.75) is 23.5 Å². The second kappa shape index (κ2) is 7.08. The maximum atomic E-state index is 12.2. The van der Waals surface area contributed by atoms with Crippen LogP contribution in [0.25, 0.3) is 10.4 Å². The third kappa shape index (κ3) is 4.43. The molecule has 22 heavy (non-hydrogen) atoms. The van der Waals surface area contributed by atoms with E-state index in [2.05, 4.69) is 18.9 Å². The number of esters is 1.